The molecule has 0 radical (unpaired) electrons. The Hall–Kier alpha value is -0.750. The van der Waals surface area contributed by atoms with E-state index in [1.165, 1.54) is 12.1 Å². The van der Waals surface area contributed by atoms with E-state index in [2.05, 4.69) is 20.7 Å². The van der Waals surface area contributed by atoms with Gasteiger partial charge in [-0.2, -0.15) is 0 Å². The van der Waals surface area contributed by atoms with Gasteiger partial charge in [-0.1, -0.05) is 45.2 Å². The Bertz CT molecular complexity index is 682. The maximum atomic E-state index is 12.2. The van der Waals surface area contributed by atoms with Gasteiger partial charge >= 0.3 is 0 Å². The number of hydrogen-bond donors (Lipinski definition) is 1. The molecule has 0 fully saturated rings. The predicted octanol–water partition coefficient (Wildman–Crippen LogP) is 4.56. The second-order valence-electron chi connectivity index (χ2n) is 3.66. The molecule has 0 aliphatic carbocycles. The molecule has 3 nitrogen and oxygen atoms in total. The lowest BCUT2D eigenvalue weighted by molar-refractivity contribution is 0.601. The van der Waals surface area contributed by atoms with Crippen LogP contribution in [0.15, 0.2) is 51.8 Å². The van der Waals surface area contributed by atoms with Crippen molar-refractivity contribution in [2.75, 3.05) is 4.72 Å². The standard InChI is InChI=1S/C12H8BrCl2NO2S/c13-8-4-6-9(7-5-8)16-19(17,18)12-10(14)2-1-3-11(12)15/h1-7,16H. The first kappa shape index (κ1) is 14.7. The third kappa shape index (κ3) is 3.42. The summed E-state index contributed by atoms with van der Waals surface area (Å²) in [5.74, 6) is 0. The van der Waals surface area contributed by atoms with Crippen LogP contribution in [0.5, 0.6) is 0 Å². The zero-order valence-corrected chi connectivity index (χ0v) is 13.3. The third-order valence-corrected chi connectivity index (χ3v) is 5.15. The number of nitrogens with one attached hydrogen (secondary N) is 1. The molecule has 0 spiro atoms. The van der Waals surface area contributed by atoms with Crippen LogP contribution in [-0.4, -0.2) is 8.42 Å². The van der Waals surface area contributed by atoms with Gasteiger partial charge in [-0.05, 0) is 36.4 Å². The molecule has 0 bridgehead atoms. The summed E-state index contributed by atoms with van der Waals surface area (Å²) in [6.45, 7) is 0. The van der Waals surface area contributed by atoms with Crippen LogP contribution >= 0.6 is 39.1 Å². The summed E-state index contributed by atoms with van der Waals surface area (Å²) >= 11 is 15.1. The molecule has 0 amide bonds. The predicted molar refractivity (Wildman–Crippen MR) is 81.4 cm³/mol. The van der Waals surface area contributed by atoms with Crippen molar-refractivity contribution in [1.29, 1.82) is 0 Å². The fourth-order valence-corrected chi connectivity index (χ4v) is 3.93. The lowest BCUT2D eigenvalue weighted by Gasteiger charge is -2.10. The van der Waals surface area contributed by atoms with Crippen LogP contribution in [0.2, 0.25) is 10.0 Å². The quantitative estimate of drug-likeness (QED) is 0.848. The van der Waals surface area contributed by atoms with Crippen LogP contribution in [0, 0.1) is 0 Å². The lowest BCUT2D eigenvalue weighted by atomic mass is 10.3. The summed E-state index contributed by atoms with van der Waals surface area (Å²) in [4.78, 5) is -0.124. The average Bonchev–Trinajstić information content (AvgIpc) is 2.31. The van der Waals surface area contributed by atoms with E-state index in [9.17, 15) is 8.42 Å². The van der Waals surface area contributed by atoms with Gasteiger partial charge in [0, 0.05) is 10.2 Å². The van der Waals surface area contributed by atoms with Gasteiger partial charge in [0.15, 0.2) is 0 Å². The molecule has 0 unspecified atom stereocenters. The van der Waals surface area contributed by atoms with Crippen molar-refractivity contribution in [2.24, 2.45) is 0 Å². The number of hydrogen-bond acceptors (Lipinski definition) is 2. The van der Waals surface area contributed by atoms with Crippen molar-refractivity contribution in [3.05, 3.63) is 57.0 Å². The summed E-state index contributed by atoms with van der Waals surface area (Å²) in [5, 5.41) is 0.161. The first-order valence-corrected chi connectivity index (χ1v) is 8.16. The van der Waals surface area contributed by atoms with Crippen LogP contribution in [0.3, 0.4) is 0 Å². The van der Waals surface area contributed by atoms with E-state index in [0.717, 1.165) is 4.47 Å². The SMILES string of the molecule is O=S(=O)(Nc1ccc(Br)cc1)c1c(Cl)cccc1Cl. The van der Waals surface area contributed by atoms with Gasteiger partial charge < -0.3 is 0 Å². The van der Waals surface area contributed by atoms with Crippen LogP contribution in [0.1, 0.15) is 0 Å². The third-order valence-electron chi connectivity index (χ3n) is 2.28. The highest BCUT2D eigenvalue weighted by Crippen LogP contribution is 2.30. The number of anilines is 1. The Balaban J connectivity index is 2.41. The zero-order chi connectivity index (χ0) is 14.0. The molecule has 2 rings (SSSR count). The molecule has 2 aromatic rings. The maximum Gasteiger partial charge on any atom is 0.264 e. The molecule has 19 heavy (non-hydrogen) atoms. The minimum absolute atomic E-state index is 0.0807. The fourth-order valence-electron chi connectivity index (χ4n) is 1.46. The molecule has 1 N–H and O–H groups in total. The van der Waals surface area contributed by atoms with Crippen LogP contribution in [0.25, 0.3) is 0 Å². The van der Waals surface area contributed by atoms with Crippen LogP contribution < -0.4 is 4.72 Å². The van der Waals surface area contributed by atoms with Gasteiger partial charge in [0.2, 0.25) is 0 Å². The Morgan fingerprint density at radius 2 is 1.47 bits per heavy atom. The highest BCUT2D eigenvalue weighted by molar-refractivity contribution is 9.10. The van der Waals surface area contributed by atoms with Crippen molar-refractivity contribution in [1.82, 2.24) is 0 Å². The Morgan fingerprint density at radius 3 is 2.00 bits per heavy atom. The van der Waals surface area contributed by atoms with Gasteiger partial charge in [-0.25, -0.2) is 8.42 Å². The minimum atomic E-state index is -3.82. The smallest absolute Gasteiger partial charge is 0.264 e. The van der Waals surface area contributed by atoms with E-state index in [-0.39, 0.29) is 14.9 Å². The van der Waals surface area contributed by atoms with E-state index in [1.54, 1.807) is 30.3 Å². The van der Waals surface area contributed by atoms with E-state index in [4.69, 9.17) is 23.2 Å². The number of halogens is 3. The first-order chi connectivity index (χ1) is 8.90. The molecule has 0 saturated heterocycles. The van der Waals surface area contributed by atoms with Crippen molar-refractivity contribution in [3.8, 4) is 0 Å². The molecule has 0 saturated carbocycles. The molecular weight excluding hydrogens is 373 g/mol. The average molecular weight is 381 g/mol. The van der Waals surface area contributed by atoms with Gasteiger partial charge in [0.1, 0.15) is 4.90 Å². The van der Waals surface area contributed by atoms with Crippen LogP contribution in [-0.2, 0) is 10.0 Å². The molecule has 0 aromatic heterocycles. The number of rotatable bonds is 3. The summed E-state index contributed by atoms with van der Waals surface area (Å²) in [6, 6.07) is 11.3. The molecule has 0 heterocycles. The normalized spacial score (nSPS) is 11.3. The Labute approximate surface area is 129 Å². The number of benzene rings is 2. The van der Waals surface area contributed by atoms with Crippen molar-refractivity contribution in [3.63, 3.8) is 0 Å². The highest BCUT2D eigenvalue weighted by atomic mass is 79.9. The van der Waals surface area contributed by atoms with Gasteiger partial charge in [0.25, 0.3) is 10.0 Å². The van der Waals surface area contributed by atoms with Gasteiger partial charge in [-0.3, -0.25) is 4.72 Å². The lowest BCUT2D eigenvalue weighted by Crippen LogP contribution is -2.14. The summed E-state index contributed by atoms with van der Waals surface area (Å²) < 4.78 is 27.8. The molecule has 0 aliphatic heterocycles. The molecule has 100 valence electrons. The van der Waals surface area contributed by atoms with Gasteiger partial charge in [-0.15, -0.1) is 0 Å². The molecule has 0 aliphatic rings. The second kappa shape index (κ2) is 5.71. The molecule has 7 heteroatoms. The van der Waals surface area contributed by atoms with Crippen molar-refractivity contribution >= 4 is 54.8 Å². The topological polar surface area (TPSA) is 46.2 Å². The minimum Gasteiger partial charge on any atom is -0.280 e. The highest BCUT2D eigenvalue weighted by Gasteiger charge is 2.21. The summed E-state index contributed by atoms with van der Waals surface area (Å²) in [5.41, 5.74) is 0.430. The summed E-state index contributed by atoms with van der Waals surface area (Å²) in [6.07, 6.45) is 0. The fraction of sp³-hybridized carbons (Fsp3) is 0. The monoisotopic (exact) mass is 379 g/mol. The molecular formula is C12H8BrCl2NO2S. The number of sulfonamides is 1. The van der Waals surface area contributed by atoms with E-state index in [1.807, 2.05) is 0 Å². The van der Waals surface area contributed by atoms with Crippen molar-refractivity contribution in [2.45, 2.75) is 4.90 Å². The Morgan fingerprint density at radius 1 is 0.947 bits per heavy atom. The molecule has 2 aromatic carbocycles. The molecule has 0 atom stereocenters. The largest absolute Gasteiger partial charge is 0.280 e. The first-order valence-electron chi connectivity index (χ1n) is 5.12. The zero-order valence-electron chi connectivity index (χ0n) is 9.40. The van der Waals surface area contributed by atoms with E-state index >= 15 is 0 Å². The van der Waals surface area contributed by atoms with E-state index in [0.29, 0.717) is 5.69 Å². The van der Waals surface area contributed by atoms with Crippen molar-refractivity contribution < 1.29 is 8.42 Å². The van der Waals surface area contributed by atoms with E-state index < -0.39 is 10.0 Å². The Kier molecular flexibility index (Phi) is 4.40. The second-order valence-corrected chi connectivity index (χ2v) is 7.01. The van der Waals surface area contributed by atoms with Crippen LogP contribution in [0.4, 0.5) is 5.69 Å². The van der Waals surface area contributed by atoms with Gasteiger partial charge in [0.05, 0.1) is 10.0 Å². The summed E-state index contributed by atoms with van der Waals surface area (Å²) in [7, 11) is -3.82. The maximum absolute atomic E-state index is 12.2.